The summed E-state index contributed by atoms with van der Waals surface area (Å²) in [6.07, 6.45) is 0. The van der Waals surface area contributed by atoms with Gasteiger partial charge in [0.05, 0.1) is 6.61 Å². The summed E-state index contributed by atoms with van der Waals surface area (Å²) in [7, 11) is 0. The highest BCUT2D eigenvalue weighted by molar-refractivity contribution is 14.0. The number of carbonyl (C=O) groups is 1. The zero-order valence-corrected chi connectivity index (χ0v) is 15.4. The molecule has 7 heteroatoms. The molecule has 0 unspecified atom stereocenters. The van der Waals surface area contributed by atoms with Gasteiger partial charge in [-0.1, -0.05) is 12.1 Å². The fourth-order valence-electron chi connectivity index (χ4n) is 1.85. The standard InChI is InChI=1S/C16H19N3O3.HI/c1-3-21-15(20)14-8-7-13(22-14)10-18-16(17)19-12-6-4-5-11(2)9-12;/h4-9H,3,10H2,1-2H3,(H3,17,18,19);1H. The Kier molecular flexibility index (Phi) is 7.60. The van der Waals surface area contributed by atoms with Crippen LogP contribution in [0.15, 0.2) is 45.8 Å². The molecule has 0 spiro atoms. The van der Waals surface area contributed by atoms with Crippen molar-refractivity contribution in [2.75, 3.05) is 11.9 Å². The lowest BCUT2D eigenvalue weighted by molar-refractivity contribution is 0.0488. The molecule has 0 amide bonds. The average molecular weight is 429 g/mol. The third-order valence-corrected chi connectivity index (χ3v) is 2.83. The summed E-state index contributed by atoms with van der Waals surface area (Å²) >= 11 is 0. The van der Waals surface area contributed by atoms with E-state index in [0.29, 0.717) is 12.4 Å². The maximum atomic E-state index is 11.5. The molecule has 0 aliphatic rings. The number of hydrogen-bond acceptors (Lipinski definition) is 4. The number of carbonyl (C=O) groups excluding carboxylic acids is 1. The average Bonchev–Trinajstić information content (AvgIpc) is 2.94. The zero-order chi connectivity index (χ0) is 15.9. The minimum atomic E-state index is -0.483. The Morgan fingerprint density at radius 3 is 2.83 bits per heavy atom. The molecule has 0 aliphatic heterocycles. The van der Waals surface area contributed by atoms with Crippen LogP contribution in [0.25, 0.3) is 0 Å². The molecule has 0 fully saturated rings. The summed E-state index contributed by atoms with van der Waals surface area (Å²) < 4.78 is 10.2. The molecule has 2 aromatic rings. The van der Waals surface area contributed by atoms with Gasteiger partial charge in [-0.25, -0.2) is 9.79 Å². The van der Waals surface area contributed by atoms with Gasteiger partial charge in [0.15, 0.2) is 5.96 Å². The van der Waals surface area contributed by atoms with E-state index in [0.717, 1.165) is 11.3 Å². The third kappa shape index (κ3) is 5.93. The lowest BCUT2D eigenvalue weighted by atomic mass is 10.2. The van der Waals surface area contributed by atoms with Crippen LogP contribution in [0.1, 0.15) is 28.8 Å². The smallest absolute Gasteiger partial charge is 0.374 e. The number of halogens is 1. The minimum Gasteiger partial charge on any atom is -0.460 e. The van der Waals surface area contributed by atoms with Crippen molar-refractivity contribution < 1.29 is 13.9 Å². The van der Waals surface area contributed by atoms with E-state index >= 15 is 0 Å². The van der Waals surface area contributed by atoms with Crippen LogP contribution < -0.4 is 11.1 Å². The van der Waals surface area contributed by atoms with E-state index < -0.39 is 5.97 Å². The second-order valence-electron chi connectivity index (χ2n) is 4.68. The number of hydrogen-bond donors (Lipinski definition) is 2. The number of nitrogens with two attached hydrogens (primary N) is 1. The summed E-state index contributed by atoms with van der Waals surface area (Å²) in [4.78, 5) is 15.7. The molecular weight excluding hydrogens is 409 g/mol. The molecule has 1 heterocycles. The number of guanidine groups is 1. The first-order chi connectivity index (χ1) is 10.6. The predicted molar refractivity (Wildman–Crippen MR) is 100 cm³/mol. The highest BCUT2D eigenvalue weighted by Crippen LogP contribution is 2.11. The molecule has 0 bridgehead atoms. The number of benzene rings is 1. The van der Waals surface area contributed by atoms with E-state index in [4.69, 9.17) is 14.9 Å². The van der Waals surface area contributed by atoms with Gasteiger partial charge in [-0.3, -0.25) is 0 Å². The van der Waals surface area contributed by atoms with Gasteiger partial charge in [0.25, 0.3) is 0 Å². The predicted octanol–water partition coefficient (Wildman–Crippen LogP) is 3.31. The van der Waals surface area contributed by atoms with Gasteiger partial charge < -0.3 is 20.2 Å². The van der Waals surface area contributed by atoms with Crippen molar-refractivity contribution in [1.29, 1.82) is 0 Å². The van der Waals surface area contributed by atoms with E-state index in [1.54, 1.807) is 19.1 Å². The first-order valence-electron chi connectivity index (χ1n) is 6.98. The molecule has 2 rings (SSSR count). The molecule has 0 radical (unpaired) electrons. The van der Waals surface area contributed by atoms with Gasteiger partial charge in [0, 0.05) is 5.69 Å². The van der Waals surface area contributed by atoms with Crippen molar-refractivity contribution in [2.45, 2.75) is 20.4 Å². The summed E-state index contributed by atoms with van der Waals surface area (Å²) in [5.41, 5.74) is 7.82. The molecule has 6 nitrogen and oxygen atoms in total. The van der Waals surface area contributed by atoms with Crippen LogP contribution in [0.4, 0.5) is 5.69 Å². The highest BCUT2D eigenvalue weighted by Gasteiger charge is 2.11. The summed E-state index contributed by atoms with van der Waals surface area (Å²) in [5, 5.41) is 3.00. The SMILES string of the molecule is CCOC(=O)c1ccc(CN=C(N)Nc2cccc(C)c2)o1.I. The van der Waals surface area contributed by atoms with Gasteiger partial charge in [-0.2, -0.15) is 0 Å². The number of nitrogens with one attached hydrogen (secondary N) is 1. The lowest BCUT2D eigenvalue weighted by Crippen LogP contribution is -2.22. The van der Waals surface area contributed by atoms with Crippen LogP contribution in [0.5, 0.6) is 0 Å². The molecular formula is C16H20IN3O3. The number of aliphatic imine (C=N–C) groups is 1. The van der Waals surface area contributed by atoms with Crippen molar-refractivity contribution in [2.24, 2.45) is 10.7 Å². The molecule has 1 aromatic carbocycles. The molecule has 0 aliphatic carbocycles. The maximum Gasteiger partial charge on any atom is 0.374 e. The Morgan fingerprint density at radius 1 is 1.35 bits per heavy atom. The van der Waals surface area contributed by atoms with E-state index in [-0.39, 0.29) is 42.2 Å². The molecule has 124 valence electrons. The van der Waals surface area contributed by atoms with Gasteiger partial charge in [-0.05, 0) is 43.7 Å². The lowest BCUT2D eigenvalue weighted by Gasteiger charge is -2.05. The second kappa shape index (κ2) is 9.19. The molecule has 3 N–H and O–H groups in total. The highest BCUT2D eigenvalue weighted by atomic mass is 127. The van der Waals surface area contributed by atoms with Crippen molar-refractivity contribution in [1.82, 2.24) is 0 Å². The van der Waals surface area contributed by atoms with Crippen LogP contribution in [0.3, 0.4) is 0 Å². The number of esters is 1. The van der Waals surface area contributed by atoms with Crippen LogP contribution >= 0.6 is 24.0 Å². The Hall–Kier alpha value is -2.03. The largest absolute Gasteiger partial charge is 0.460 e. The Labute approximate surface area is 152 Å². The van der Waals surface area contributed by atoms with Gasteiger partial charge in [0.2, 0.25) is 5.76 Å². The third-order valence-electron chi connectivity index (χ3n) is 2.83. The number of furan rings is 1. The quantitative estimate of drug-likeness (QED) is 0.330. The van der Waals surface area contributed by atoms with E-state index in [1.807, 2.05) is 31.2 Å². The van der Waals surface area contributed by atoms with Gasteiger partial charge >= 0.3 is 5.97 Å². The van der Waals surface area contributed by atoms with Gasteiger partial charge in [-0.15, -0.1) is 24.0 Å². The van der Waals surface area contributed by atoms with Crippen LogP contribution in [0, 0.1) is 6.92 Å². The summed E-state index contributed by atoms with van der Waals surface area (Å²) in [5.74, 6) is 0.498. The van der Waals surface area contributed by atoms with E-state index in [2.05, 4.69) is 10.3 Å². The van der Waals surface area contributed by atoms with Crippen molar-refractivity contribution in [3.8, 4) is 0 Å². The Morgan fingerprint density at radius 2 is 2.13 bits per heavy atom. The van der Waals surface area contributed by atoms with E-state index in [9.17, 15) is 4.79 Å². The molecule has 23 heavy (non-hydrogen) atoms. The van der Waals surface area contributed by atoms with Crippen LogP contribution in [-0.2, 0) is 11.3 Å². The van der Waals surface area contributed by atoms with Crippen LogP contribution in [-0.4, -0.2) is 18.5 Å². The normalized spacial score (nSPS) is 10.8. The minimum absolute atomic E-state index is 0. The van der Waals surface area contributed by atoms with Crippen molar-refractivity contribution in [3.05, 3.63) is 53.5 Å². The van der Waals surface area contributed by atoms with Crippen LogP contribution in [0.2, 0.25) is 0 Å². The Balaban J connectivity index is 0.00000264. The zero-order valence-electron chi connectivity index (χ0n) is 13.0. The van der Waals surface area contributed by atoms with Crippen molar-refractivity contribution >= 4 is 41.6 Å². The first kappa shape index (κ1) is 19.0. The summed E-state index contributed by atoms with van der Waals surface area (Å²) in [6, 6.07) is 11.0. The monoisotopic (exact) mass is 429 g/mol. The van der Waals surface area contributed by atoms with E-state index in [1.165, 1.54) is 0 Å². The van der Waals surface area contributed by atoms with Crippen molar-refractivity contribution in [3.63, 3.8) is 0 Å². The second-order valence-corrected chi connectivity index (χ2v) is 4.68. The number of nitrogens with zero attached hydrogens (tertiary/aromatic N) is 1. The fraction of sp³-hybridized carbons (Fsp3) is 0.250. The Bertz CT molecular complexity index is 683. The number of anilines is 1. The molecule has 0 saturated heterocycles. The first-order valence-corrected chi connectivity index (χ1v) is 6.98. The topological polar surface area (TPSA) is 89.8 Å². The fourth-order valence-corrected chi connectivity index (χ4v) is 1.85. The van der Waals surface area contributed by atoms with Gasteiger partial charge in [0.1, 0.15) is 12.3 Å². The number of aryl methyl sites for hydroxylation is 1. The molecule has 0 saturated carbocycles. The molecule has 1 aromatic heterocycles. The number of rotatable bonds is 5. The molecule has 0 atom stereocenters. The maximum absolute atomic E-state index is 11.5. The summed E-state index contributed by atoms with van der Waals surface area (Å²) in [6.45, 7) is 4.28. The number of ether oxygens (including phenoxy) is 1.